The molecule has 1 aromatic carbocycles. The van der Waals surface area contributed by atoms with Crippen molar-refractivity contribution in [1.29, 1.82) is 0 Å². The Morgan fingerprint density at radius 3 is 2.11 bits per heavy atom. The van der Waals surface area contributed by atoms with Crippen molar-refractivity contribution in [1.82, 2.24) is 4.90 Å². The number of aliphatic hydroxyl groups is 1. The molecule has 0 spiro atoms. The molecule has 2 rings (SSSR count). The van der Waals surface area contributed by atoms with Crippen molar-refractivity contribution in [3.8, 4) is 0 Å². The van der Waals surface area contributed by atoms with Crippen LogP contribution in [0.25, 0.3) is 0 Å². The van der Waals surface area contributed by atoms with E-state index >= 15 is 0 Å². The molecule has 35 heavy (non-hydrogen) atoms. The lowest BCUT2D eigenvalue weighted by atomic mass is 9.87. The van der Waals surface area contributed by atoms with Crippen LogP contribution in [0.4, 0.5) is 0 Å². The molecule has 198 valence electrons. The van der Waals surface area contributed by atoms with Crippen molar-refractivity contribution in [3.05, 3.63) is 35.9 Å². The van der Waals surface area contributed by atoms with Gasteiger partial charge in [-0.2, -0.15) is 0 Å². The van der Waals surface area contributed by atoms with Gasteiger partial charge in [-0.3, -0.25) is 9.69 Å². The Morgan fingerprint density at radius 1 is 1.09 bits per heavy atom. The summed E-state index contributed by atoms with van der Waals surface area (Å²) < 4.78 is 7.68. The first-order valence-electron chi connectivity index (χ1n) is 13.3. The van der Waals surface area contributed by atoms with Gasteiger partial charge >= 0.3 is 0 Å². The van der Waals surface area contributed by atoms with Gasteiger partial charge in [0.05, 0.1) is 18.1 Å². The van der Waals surface area contributed by atoms with E-state index in [-0.39, 0.29) is 24.0 Å². The number of carbonyl (C=O) groups excluding carboxylic acids is 1. The predicted octanol–water partition coefficient (Wildman–Crippen LogP) is 7.06. The van der Waals surface area contributed by atoms with Gasteiger partial charge in [-0.1, -0.05) is 117 Å². The summed E-state index contributed by atoms with van der Waals surface area (Å²) in [6.07, 6.45) is 0.703. The lowest BCUT2D eigenvalue weighted by Gasteiger charge is -2.46. The van der Waals surface area contributed by atoms with Crippen LogP contribution in [0.15, 0.2) is 30.3 Å². The van der Waals surface area contributed by atoms with E-state index in [0.717, 1.165) is 18.6 Å². The molecule has 0 bridgehead atoms. The zero-order chi connectivity index (χ0) is 26.5. The molecule has 0 saturated carbocycles. The predicted molar refractivity (Wildman–Crippen MR) is 156 cm³/mol. The normalized spacial score (nSPS) is 20.5. The molecular formula is C28H47NO3S2Si. The highest BCUT2D eigenvalue weighted by Gasteiger charge is 2.48. The summed E-state index contributed by atoms with van der Waals surface area (Å²) in [5, 5.41) is 11.4. The number of hydrogen-bond acceptors (Lipinski definition) is 5. The van der Waals surface area contributed by atoms with E-state index in [1.165, 1.54) is 5.56 Å². The van der Waals surface area contributed by atoms with Gasteiger partial charge in [0.25, 0.3) is 0 Å². The third-order valence-electron chi connectivity index (χ3n) is 8.00. The Bertz CT molecular complexity index is 811. The second-order valence-corrected chi connectivity index (χ2v) is 18.2. The minimum Gasteiger partial charge on any atom is -0.413 e. The molecule has 1 fully saturated rings. The number of carbonyl (C=O) groups is 1. The summed E-state index contributed by atoms with van der Waals surface area (Å²) in [5.41, 5.74) is 2.60. The molecule has 0 aromatic heterocycles. The van der Waals surface area contributed by atoms with Crippen molar-refractivity contribution in [3.63, 3.8) is 0 Å². The van der Waals surface area contributed by atoms with Gasteiger partial charge in [0, 0.05) is 17.8 Å². The number of nitrogens with zero attached hydrogens (tertiary/aromatic N) is 1. The Morgan fingerprint density at radius 2 is 1.63 bits per heavy atom. The van der Waals surface area contributed by atoms with Gasteiger partial charge in [-0.15, -0.1) is 0 Å². The van der Waals surface area contributed by atoms with E-state index in [1.54, 1.807) is 16.7 Å². The summed E-state index contributed by atoms with van der Waals surface area (Å²) in [5.74, 6) is 0.0172. The van der Waals surface area contributed by atoms with Gasteiger partial charge in [-0.25, -0.2) is 0 Å². The van der Waals surface area contributed by atoms with Gasteiger partial charge in [-0.05, 0) is 35.0 Å². The van der Waals surface area contributed by atoms with Gasteiger partial charge < -0.3 is 9.53 Å². The topological polar surface area (TPSA) is 49.8 Å². The second-order valence-electron chi connectivity index (χ2n) is 11.1. The average Bonchev–Trinajstić information content (AvgIpc) is 3.17. The molecule has 1 N–H and O–H groups in total. The van der Waals surface area contributed by atoms with Gasteiger partial charge in [0.15, 0.2) is 0 Å². The molecule has 1 aliphatic heterocycles. The molecule has 7 heteroatoms. The first-order chi connectivity index (χ1) is 16.4. The number of thioether (sulfide) groups is 1. The first kappa shape index (κ1) is 30.5. The lowest BCUT2D eigenvalue weighted by molar-refractivity contribution is -0.137. The fraction of sp³-hybridized carbons (Fsp3) is 0.714. The number of rotatable bonds is 12. The van der Waals surface area contributed by atoms with E-state index in [4.69, 9.17) is 16.6 Å². The van der Waals surface area contributed by atoms with Gasteiger partial charge in [0.2, 0.25) is 14.2 Å². The lowest BCUT2D eigenvalue weighted by Crippen LogP contribution is -2.53. The Hall–Kier alpha value is -0.733. The fourth-order valence-corrected chi connectivity index (χ4v) is 13.2. The maximum absolute atomic E-state index is 13.7. The monoisotopic (exact) mass is 537 g/mol. The fourth-order valence-electron chi connectivity index (χ4n) is 6.04. The molecule has 1 aliphatic rings. The van der Waals surface area contributed by atoms with Crippen molar-refractivity contribution >= 4 is 42.5 Å². The van der Waals surface area contributed by atoms with Crippen molar-refractivity contribution in [2.24, 2.45) is 11.8 Å². The summed E-state index contributed by atoms with van der Waals surface area (Å²) in [4.78, 5) is 15.4. The number of benzene rings is 1. The van der Waals surface area contributed by atoms with Crippen LogP contribution in [0.3, 0.4) is 0 Å². The number of amides is 1. The SMILES string of the molecule is CC[C@@H](O[Si](C(C)C)(C(C)C)C(C)C)[C@H](C)[C@H](O)[C@@H](C)C(=O)N1C(=S)SC[C@H]1Cc1ccccc1. The van der Waals surface area contributed by atoms with E-state index in [1.807, 2.05) is 32.0 Å². The highest BCUT2D eigenvalue weighted by atomic mass is 32.2. The van der Waals surface area contributed by atoms with E-state index in [0.29, 0.717) is 20.9 Å². The summed E-state index contributed by atoms with van der Waals surface area (Å²) in [6, 6.07) is 10.3. The van der Waals surface area contributed by atoms with Crippen LogP contribution in [-0.4, -0.2) is 52.6 Å². The highest BCUT2D eigenvalue weighted by Crippen LogP contribution is 2.44. The van der Waals surface area contributed by atoms with Crippen LogP contribution < -0.4 is 0 Å². The molecule has 1 saturated heterocycles. The average molecular weight is 538 g/mol. The first-order valence-corrected chi connectivity index (χ1v) is 16.8. The highest BCUT2D eigenvalue weighted by molar-refractivity contribution is 8.23. The molecule has 5 atom stereocenters. The summed E-state index contributed by atoms with van der Waals surface area (Å²) in [6.45, 7) is 19.7. The third kappa shape index (κ3) is 6.78. The van der Waals surface area contributed by atoms with Crippen molar-refractivity contribution in [2.45, 2.75) is 110 Å². The molecule has 1 heterocycles. The third-order valence-corrected chi connectivity index (χ3v) is 15.7. The summed E-state index contributed by atoms with van der Waals surface area (Å²) >= 11 is 7.14. The van der Waals surface area contributed by atoms with Crippen LogP contribution in [0.5, 0.6) is 0 Å². The molecule has 0 radical (unpaired) electrons. The zero-order valence-electron chi connectivity index (χ0n) is 23.2. The molecule has 0 aliphatic carbocycles. The number of thiocarbonyl (C=S) groups is 1. The number of aliphatic hydroxyl groups excluding tert-OH is 1. The van der Waals surface area contributed by atoms with Crippen LogP contribution >= 0.6 is 24.0 Å². The van der Waals surface area contributed by atoms with E-state index in [9.17, 15) is 9.90 Å². The minimum atomic E-state index is -2.10. The maximum Gasteiger partial charge on any atom is 0.233 e. The minimum absolute atomic E-state index is 0.0217. The van der Waals surface area contributed by atoms with Crippen LogP contribution in [-0.2, 0) is 15.6 Å². The molecular weight excluding hydrogens is 491 g/mol. The van der Waals surface area contributed by atoms with Crippen LogP contribution in [0.1, 0.15) is 74.3 Å². The molecule has 1 aromatic rings. The quantitative estimate of drug-likeness (QED) is 0.228. The maximum atomic E-state index is 13.7. The van der Waals surface area contributed by atoms with Crippen molar-refractivity contribution < 1.29 is 14.3 Å². The Kier molecular flexibility index (Phi) is 11.5. The zero-order valence-corrected chi connectivity index (χ0v) is 25.8. The van der Waals surface area contributed by atoms with Crippen LogP contribution in [0.2, 0.25) is 16.6 Å². The smallest absolute Gasteiger partial charge is 0.233 e. The molecule has 1 amide bonds. The number of hydrogen-bond donors (Lipinski definition) is 1. The summed E-state index contributed by atoms with van der Waals surface area (Å²) in [7, 11) is -2.10. The molecule has 4 nitrogen and oxygen atoms in total. The van der Waals surface area contributed by atoms with Crippen molar-refractivity contribution in [2.75, 3.05) is 5.75 Å². The second kappa shape index (κ2) is 13.2. The van der Waals surface area contributed by atoms with Gasteiger partial charge in [0.1, 0.15) is 4.32 Å². The Labute approximate surface area is 224 Å². The standard InChI is InChI=1S/C28H47NO3S2Si/c1-10-25(32-35(18(2)3,19(4)5)20(6)7)21(8)26(30)22(9)27(31)29-24(17-34-28(29)33)16-23-14-12-11-13-15-23/h11-15,18-22,24-26,30H,10,16-17H2,1-9H3/t21-,22+,24+,25+,26-/m0/s1. The van der Waals surface area contributed by atoms with E-state index in [2.05, 4.69) is 60.6 Å². The molecule has 0 unspecified atom stereocenters. The van der Waals surface area contributed by atoms with E-state index < -0.39 is 20.3 Å². The van der Waals surface area contributed by atoms with Crippen LogP contribution in [0, 0.1) is 11.8 Å². The Balaban J connectivity index is 2.20. The largest absolute Gasteiger partial charge is 0.413 e.